The monoisotopic (exact) mass is 116 g/mol. The van der Waals surface area contributed by atoms with Crippen molar-refractivity contribution in [2.24, 2.45) is 0 Å². The van der Waals surface area contributed by atoms with E-state index in [0.29, 0.717) is 0 Å². The highest BCUT2D eigenvalue weighted by atomic mass is 13.9. The van der Waals surface area contributed by atoms with Gasteiger partial charge in [-0.1, -0.05) is 52.3 Å². The zero-order chi connectivity index (χ0) is 7.82. The normalized spacial score (nSPS) is 17.1. The molecule has 0 aromatic heterocycles. The van der Waals surface area contributed by atoms with Gasteiger partial charge in [0.05, 0.1) is 0 Å². The van der Waals surface area contributed by atoms with E-state index in [1.54, 1.807) is 0 Å². The Morgan fingerprint density at radius 1 is 1.25 bits per heavy atom. The molecular formula is C8H18. The van der Waals surface area contributed by atoms with Crippen molar-refractivity contribution in [3.63, 3.8) is 0 Å². The van der Waals surface area contributed by atoms with Crippen LogP contribution in [0.15, 0.2) is 0 Å². The molecular weight excluding hydrogens is 96.1 g/mol. The highest BCUT2D eigenvalue weighted by molar-refractivity contribution is 4.39. The summed E-state index contributed by atoms with van der Waals surface area (Å²) >= 11 is 0. The zero-order valence-electron chi connectivity index (χ0n) is 7.82. The predicted octanol–water partition coefficient (Wildman–Crippen LogP) is 3.37. The van der Waals surface area contributed by atoms with Gasteiger partial charge in [0.25, 0.3) is 0 Å². The molecule has 8 heavy (non-hydrogen) atoms. The van der Waals surface area contributed by atoms with Crippen molar-refractivity contribution in [2.75, 3.05) is 0 Å². The summed E-state index contributed by atoms with van der Waals surface area (Å²) in [7, 11) is 0. The molecule has 0 aromatic carbocycles. The van der Waals surface area contributed by atoms with Crippen LogP contribution in [0.1, 0.15) is 55.1 Å². The third-order valence-electron chi connectivity index (χ3n) is 1.26. The molecule has 0 rings (SSSR count). The van der Waals surface area contributed by atoms with Crippen molar-refractivity contribution < 1.29 is 2.74 Å². The molecule has 0 aliphatic carbocycles. The Hall–Kier alpha value is 0. The molecule has 0 heteroatoms. The van der Waals surface area contributed by atoms with E-state index in [1.165, 1.54) is 19.3 Å². The quantitative estimate of drug-likeness (QED) is 0.483. The van der Waals surface area contributed by atoms with Crippen LogP contribution in [0.5, 0.6) is 0 Å². The minimum atomic E-state index is -0.128. The van der Waals surface area contributed by atoms with Crippen molar-refractivity contribution in [2.45, 2.75) is 52.3 Å². The Labute approximate surface area is 56.1 Å². The molecule has 0 fully saturated rings. The molecule has 0 heterocycles. The molecule has 0 aliphatic heterocycles. The molecule has 0 saturated heterocycles. The maximum atomic E-state index is 7.27. The molecule has 0 radical (unpaired) electrons. The van der Waals surface area contributed by atoms with Crippen LogP contribution in [0.25, 0.3) is 0 Å². The van der Waals surface area contributed by atoms with Gasteiger partial charge in [0, 0.05) is 2.74 Å². The van der Waals surface area contributed by atoms with Gasteiger partial charge in [0.2, 0.25) is 0 Å². The Bertz CT molecular complexity index is 64.3. The second-order valence-corrected chi connectivity index (χ2v) is 2.14. The van der Waals surface area contributed by atoms with Gasteiger partial charge in [0.1, 0.15) is 0 Å². The Kier molecular flexibility index (Phi) is 4.23. The summed E-state index contributed by atoms with van der Waals surface area (Å²) in [6.07, 6.45) is 5.71. The largest absolute Gasteiger partial charge is 0.0654 e. The SMILES string of the molecule is [2H]CC([2H])CCCCCC. The second-order valence-electron chi connectivity index (χ2n) is 2.14. The zero-order valence-corrected chi connectivity index (χ0v) is 5.82. The van der Waals surface area contributed by atoms with Crippen LogP contribution in [-0.2, 0) is 0 Å². The van der Waals surface area contributed by atoms with Crippen molar-refractivity contribution in [1.29, 1.82) is 0 Å². The van der Waals surface area contributed by atoms with E-state index < -0.39 is 0 Å². The third-order valence-corrected chi connectivity index (χ3v) is 1.26. The Morgan fingerprint density at radius 3 is 2.62 bits per heavy atom. The molecule has 0 saturated carbocycles. The molecule has 50 valence electrons. The average Bonchev–Trinajstić information content (AvgIpc) is 1.98. The number of hydrogen-bond acceptors (Lipinski definition) is 0. The molecule has 0 aliphatic rings. The minimum absolute atomic E-state index is 0.128. The van der Waals surface area contributed by atoms with Gasteiger partial charge in [0.15, 0.2) is 0 Å². The van der Waals surface area contributed by atoms with Gasteiger partial charge >= 0.3 is 0 Å². The van der Waals surface area contributed by atoms with Gasteiger partial charge < -0.3 is 0 Å². The lowest BCUT2D eigenvalue weighted by molar-refractivity contribution is 0.624. The molecule has 0 N–H and O–H groups in total. The van der Waals surface area contributed by atoms with Crippen molar-refractivity contribution in [3.8, 4) is 0 Å². The van der Waals surface area contributed by atoms with E-state index in [-0.39, 0.29) is 13.3 Å². The number of unbranched alkanes of at least 4 members (excludes halogenated alkanes) is 3. The highest BCUT2D eigenvalue weighted by Crippen LogP contribution is 2.03. The predicted molar refractivity (Wildman–Crippen MR) is 39.1 cm³/mol. The van der Waals surface area contributed by atoms with Crippen LogP contribution in [0.2, 0.25) is 0 Å². The first kappa shape index (κ1) is 4.84. The fourth-order valence-electron chi connectivity index (χ4n) is 0.715. The molecule has 0 amide bonds. The lowest BCUT2D eigenvalue weighted by Gasteiger charge is -1.93. The van der Waals surface area contributed by atoms with Gasteiger partial charge in [-0.25, -0.2) is 0 Å². The number of rotatable bonds is 5. The van der Waals surface area contributed by atoms with Crippen LogP contribution in [-0.4, -0.2) is 0 Å². The van der Waals surface area contributed by atoms with E-state index in [4.69, 9.17) is 2.74 Å². The molecule has 0 nitrogen and oxygen atoms in total. The van der Waals surface area contributed by atoms with E-state index in [2.05, 4.69) is 6.92 Å². The smallest absolute Gasteiger partial charge is 0.0264 e. The summed E-state index contributed by atoms with van der Waals surface area (Å²) in [6.45, 7) is 2.45. The van der Waals surface area contributed by atoms with Crippen LogP contribution in [0.4, 0.5) is 0 Å². The van der Waals surface area contributed by atoms with Crippen LogP contribution in [0, 0.1) is 0 Å². The van der Waals surface area contributed by atoms with E-state index >= 15 is 0 Å². The second kappa shape index (κ2) is 7.00. The average molecular weight is 116 g/mol. The van der Waals surface area contributed by atoms with Gasteiger partial charge in [-0.15, -0.1) is 0 Å². The highest BCUT2D eigenvalue weighted by Gasteiger charge is 1.83. The third kappa shape index (κ3) is 6.00. The maximum absolute atomic E-state index is 7.27. The van der Waals surface area contributed by atoms with E-state index in [1.807, 2.05) is 0 Å². The first-order chi connectivity index (χ1) is 4.81. The lowest BCUT2D eigenvalue weighted by atomic mass is 10.1. The Morgan fingerprint density at radius 2 is 2.00 bits per heavy atom. The van der Waals surface area contributed by atoms with Crippen molar-refractivity contribution in [3.05, 3.63) is 0 Å². The first-order valence-electron chi connectivity index (χ1n) is 4.81. The van der Waals surface area contributed by atoms with Crippen LogP contribution in [0.3, 0.4) is 0 Å². The lowest BCUT2D eigenvalue weighted by Crippen LogP contribution is -1.73. The van der Waals surface area contributed by atoms with Crippen molar-refractivity contribution >= 4 is 0 Å². The fraction of sp³-hybridized carbons (Fsp3) is 1.00. The molecule has 1 atom stereocenters. The fourth-order valence-corrected chi connectivity index (χ4v) is 0.715. The summed E-state index contributed by atoms with van der Waals surface area (Å²) in [5.74, 6) is 0. The molecule has 1 unspecified atom stereocenters. The maximum Gasteiger partial charge on any atom is 0.0264 e. The summed E-state index contributed by atoms with van der Waals surface area (Å²) in [4.78, 5) is 0. The van der Waals surface area contributed by atoms with Crippen LogP contribution >= 0.6 is 0 Å². The molecule has 0 aromatic rings. The summed E-state index contributed by atoms with van der Waals surface area (Å²) in [6, 6.07) is 0. The van der Waals surface area contributed by atoms with Crippen molar-refractivity contribution in [1.82, 2.24) is 0 Å². The minimum Gasteiger partial charge on any atom is -0.0654 e. The molecule has 0 spiro atoms. The summed E-state index contributed by atoms with van der Waals surface area (Å²) < 4.78 is 14.2. The van der Waals surface area contributed by atoms with E-state index in [0.717, 1.165) is 12.8 Å². The topological polar surface area (TPSA) is 0 Å². The van der Waals surface area contributed by atoms with Gasteiger partial charge in [-0.3, -0.25) is 0 Å². The Balaban J connectivity index is 2.89. The van der Waals surface area contributed by atoms with Gasteiger partial charge in [-0.2, -0.15) is 0 Å². The molecule has 0 bridgehead atoms. The first-order valence-corrected chi connectivity index (χ1v) is 3.52. The van der Waals surface area contributed by atoms with Crippen LogP contribution < -0.4 is 0 Å². The number of hydrogen-bond donors (Lipinski definition) is 0. The van der Waals surface area contributed by atoms with Gasteiger partial charge in [-0.05, 0) is 0 Å². The standard InChI is InChI=1S/C8H18/c1-3-5-7-8-6-4-2/h3-8H2,1-2H3/i1D,3D. The van der Waals surface area contributed by atoms with E-state index in [9.17, 15) is 0 Å². The summed E-state index contributed by atoms with van der Waals surface area (Å²) in [5, 5.41) is 0. The summed E-state index contributed by atoms with van der Waals surface area (Å²) in [5.41, 5.74) is 0.